The number of rotatable bonds is 0. The molecule has 1 N–H and O–H groups in total. The van der Waals surface area contributed by atoms with E-state index >= 15 is 0 Å². The van der Waals surface area contributed by atoms with Gasteiger partial charge in [0.2, 0.25) is 0 Å². The summed E-state index contributed by atoms with van der Waals surface area (Å²) in [5, 5.41) is 10.6. The zero-order valence-corrected chi connectivity index (χ0v) is 10.2. The van der Waals surface area contributed by atoms with Crippen LogP contribution in [-0.2, 0) is 0 Å². The lowest BCUT2D eigenvalue weighted by atomic mass is 9.80. The molecule has 2 fully saturated rings. The first-order valence-electron chi connectivity index (χ1n) is 6.76. The van der Waals surface area contributed by atoms with Gasteiger partial charge in [0.05, 0.1) is 6.10 Å². The van der Waals surface area contributed by atoms with E-state index in [-0.39, 0.29) is 6.10 Å². The molecule has 2 bridgehead atoms. The topological polar surface area (TPSA) is 23.5 Å². The fourth-order valence-corrected chi connectivity index (χ4v) is 4.60. The molecule has 2 aliphatic heterocycles. The third-order valence-electron chi connectivity index (χ3n) is 5.41. The number of fused-ring (bicyclic) bond motifs is 6. The molecule has 4 rings (SSSR count). The number of nitrogens with zero attached hydrogens (tertiary/aromatic N) is 1. The zero-order valence-electron chi connectivity index (χ0n) is 10.2. The third kappa shape index (κ3) is 1.18. The number of hydrogen-bond donors (Lipinski definition) is 1. The summed E-state index contributed by atoms with van der Waals surface area (Å²) in [5.41, 5.74) is 2.62. The van der Waals surface area contributed by atoms with Crippen LogP contribution in [0.15, 0.2) is 24.3 Å². The molecule has 0 aromatic heterocycles. The predicted octanol–water partition coefficient (Wildman–Crippen LogP) is 2.30. The maximum atomic E-state index is 10.6. The van der Waals surface area contributed by atoms with Gasteiger partial charge in [-0.25, -0.2) is 0 Å². The molecular weight excluding hydrogens is 210 g/mol. The van der Waals surface area contributed by atoms with Gasteiger partial charge in [-0.05, 0) is 43.4 Å². The van der Waals surface area contributed by atoms with Gasteiger partial charge in [-0.15, -0.1) is 0 Å². The van der Waals surface area contributed by atoms with Crippen molar-refractivity contribution in [2.24, 2.45) is 5.92 Å². The summed E-state index contributed by atoms with van der Waals surface area (Å²) in [7, 11) is 2.24. The fraction of sp³-hybridized carbons (Fsp3) is 0.600. The molecule has 1 aromatic carbocycles. The van der Waals surface area contributed by atoms with Crippen molar-refractivity contribution in [1.82, 2.24) is 4.90 Å². The SMILES string of the molecule is CN1C2CCC1[C@@H]1[C@H](C2)c2ccccc2[C@@H]1O. The first-order chi connectivity index (χ1) is 8.27. The fourth-order valence-electron chi connectivity index (χ4n) is 4.60. The number of aliphatic hydroxyl groups excluding tert-OH is 1. The van der Waals surface area contributed by atoms with Crippen LogP contribution in [0.2, 0.25) is 0 Å². The summed E-state index contributed by atoms with van der Waals surface area (Å²) >= 11 is 0. The van der Waals surface area contributed by atoms with E-state index in [1.807, 2.05) is 0 Å². The molecule has 0 spiro atoms. The maximum Gasteiger partial charge on any atom is 0.0841 e. The van der Waals surface area contributed by atoms with Crippen molar-refractivity contribution in [2.45, 2.75) is 43.4 Å². The quantitative estimate of drug-likeness (QED) is 0.738. The highest BCUT2D eigenvalue weighted by Gasteiger charge is 2.52. The van der Waals surface area contributed by atoms with Crippen molar-refractivity contribution < 1.29 is 5.11 Å². The van der Waals surface area contributed by atoms with E-state index in [1.165, 1.54) is 30.4 Å². The number of benzene rings is 1. The Morgan fingerprint density at radius 1 is 1.18 bits per heavy atom. The Morgan fingerprint density at radius 2 is 1.94 bits per heavy atom. The van der Waals surface area contributed by atoms with E-state index in [1.54, 1.807) is 0 Å². The summed E-state index contributed by atoms with van der Waals surface area (Å²) in [6.07, 6.45) is 3.60. The van der Waals surface area contributed by atoms with Crippen molar-refractivity contribution in [3.05, 3.63) is 35.4 Å². The Labute approximate surface area is 102 Å². The van der Waals surface area contributed by atoms with Crippen LogP contribution in [-0.4, -0.2) is 29.1 Å². The minimum atomic E-state index is -0.234. The van der Waals surface area contributed by atoms with Gasteiger partial charge in [0.1, 0.15) is 0 Å². The van der Waals surface area contributed by atoms with Crippen LogP contribution in [0.5, 0.6) is 0 Å². The van der Waals surface area contributed by atoms with Crippen LogP contribution in [0.25, 0.3) is 0 Å². The highest BCUT2D eigenvalue weighted by atomic mass is 16.3. The largest absolute Gasteiger partial charge is 0.388 e. The van der Waals surface area contributed by atoms with Gasteiger partial charge in [0.15, 0.2) is 0 Å². The van der Waals surface area contributed by atoms with E-state index in [2.05, 4.69) is 36.2 Å². The van der Waals surface area contributed by atoms with E-state index in [9.17, 15) is 5.11 Å². The summed E-state index contributed by atoms with van der Waals surface area (Å²) in [6.45, 7) is 0. The first kappa shape index (κ1) is 10.1. The lowest BCUT2D eigenvalue weighted by Crippen LogP contribution is -2.45. The number of aliphatic hydroxyl groups is 1. The second kappa shape index (κ2) is 3.33. The molecule has 1 aliphatic carbocycles. The Hall–Kier alpha value is -0.860. The summed E-state index contributed by atoms with van der Waals surface area (Å²) in [5.74, 6) is 1.05. The molecule has 2 heterocycles. The molecule has 2 saturated heterocycles. The summed E-state index contributed by atoms with van der Waals surface area (Å²) < 4.78 is 0. The lowest BCUT2D eigenvalue weighted by Gasteiger charge is -2.41. The molecule has 5 atom stereocenters. The molecule has 2 unspecified atom stereocenters. The normalized spacial score (nSPS) is 43.5. The van der Waals surface area contributed by atoms with Crippen molar-refractivity contribution in [3.8, 4) is 0 Å². The van der Waals surface area contributed by atoms with E-state index in [4.69, 9.17) is 0 Å². The lowest BCUT2D eigenvalue weighted by molar-refractivity contribution is 0.0194. The smallest absolute Gasteiger partial charge is 0.0841 e. The van der Waals surface area contributed by atoms with Gasteiger partial charge < -0.3 is 10.0 Å². The molecule has 0 amide bonds. The van der Waals surface area contributed by atoms with Gasteiger partial charge in [-0.1, -0.05) is 24.3 Å². The summed E-state index contributed by atoms with van der Waals surface area (Å²) in [4.78, 5) is 2.52. The van der Waals surface area contributed by atoms with Crippen molar-refractivity contribution >= 4 is 0 Å². The van der Waals surface area contributed by atoms with Crippen molar-refractivity contribution in [1.29, 1.82) is 0 Å². The highest BCUT2D eigenvalue weighted by molar-refractivity contribution is 5.40. The third-order valence-corrected chi connectivity index (χ3v) is 5.41. The molecule has 90 valence electrons. The predicted molar refractivity (Wildman–Crippen MR) is 66.8 cm³/mol. The Balaban J connectivity index is 1.82. The number of hydrogen-bond acceptors (Lipinski definition) is 2. The molecule has 17 heavy (non-hydrogen) atoms. The average Bonchev–Trinajstić information content (AvgIpc) is 2.75. The second-order valence-corrected chi connectivity index (χ2v) is 5.96. The van der Waals surface area contributed by atoms with Crippen LogP contribution >= 0.6 is 0 Å². The van der Waals surface area contributed by atoms with E-state index < -0.39 is 0 Å². The van der Waals surface area contributed by atoms with Gasteiger partial charge in [-0.2, -0.15) is 0 Å². The molecule has 3 aliphatic rings. The molecule has 0 radical (unpaired) electrons. The second-order valence-electron chi connectivity index (χ2n) is 5.96. The summed E-state index contributed by atoms with van der Waals surface area (Å²) in [6, 6.07) is 9.87. The van der Waals surface area contributed by atoms with Crippen LogP contribution in [0, 0.1) is 5.92 Å². The van der Waals surface area contributed by atoms with Crippen molar-refractivity contribution in [2.75, 3.05) is 7.05 Å². The van der Waals surface area contributed by atoms with Crippen molar-refractivity contribution in [3.63, 3.8) is 0 Å². The monoisotopic (exact) mass is 229 g/mol. The van der Waals surface area contributed by atoms with E-state index in [0.717, 1.165) is 6.04 Å². The molecule has 1 aromatic rings. The van der Waals surface area contributed by atoms with Gasteiger partial charge >= 0.3 is 0 Å². The van der Waals surface area contributed by atoms with Crippen LogP contribution < -0.4 is 0 Å². The minimum Gasteiger partial charge on any atom is -0.388 e. The Morgan fingerprint density at radius 3 is 2.76 bits per heavy atom. The molecule has 2 nitrogen and oxygen atoms in total. The Kier molecular flexibility index (Phi) is 1.98. The highest BCUT2D eigenvalue weighted by Crippen LogP contribution is 2.56. The van der Waals surface area contributed by atoms with E-state index in [0.29, 0.717) is 17.9 Å². The molecular formula is C15H19NO. The molecule has 2 heteroatoms. The van der Waals surface area contributed by atoms with Gasteiger partial charge in [0.25, 0.3) is 0 Å². The average molecular weight is 229 g/mol. The first-order valence-corrected chi connectivity index (χ1v) is 6.76. The van der Waals surface area contributed by atoms with Gasteiger partial charge in [-0.3, -0.25) is 0 Å². The van der Waals surface area contributed by atoms with Crippen LogP contribution in [0.3, 0.4) is 0 Å². The standard InChI is InChI=1S/C15H19NO/c1-16-9-6-7-13(16)14-12(8-9)10-4-2-3-5-11(10)15(14)17/h2-5,9,12-15,17H,6-8H2,1H3/t9?,12-,13?,14+,15+/m1/s1. The Bertz CT molecular complexity index is 458. The van der Waals surface area contributed by atoms with Gasteiger partial charge in [0, 0.05) is 18.0 Å². The zero-order chi connectivity index (χ0) is 11.6. The van der Waals surface area contributed by atoms with Crippen LogP contribution in [0.1, 0.15) is 42.4 Å². The number of piperidine rings is 1. The maximum absolute atomic E-state index is 10.6. The van der Waals surface area contributed by atoms with Crippen LogP contribution in [0.4, 0.5) is 0 Å². The minimum absolute atomic E-state index is 0.234. The molecule has 0 saturated carbocycles.